The average molecular weight is 247 g/mol. The van der Waals surface area contributed by atoms with Gasteiger partial charge < -0.3 is 11.1 Å². The maximum absolute atomic E-state index is 12.4. The molecule has 1 aromatic heterocycles. The van der Waals surface area contributed by atoms with Crippen molar-refractivity contribution in [1.29, 1.82) is 0 Å². The van der Waals surface area contributed by atoms with Crippen molar-refractivity contribution < 1.29 is 18.0 Å². The Hall–Kier alpha value is -1.79. The van der Waals surface area contributed by atoms with Gasteiger partial charge in [-0.1, -0.05) is 6.07 Å². The molecule has 1 atom stereocenters. The van der Waals surface area contributed by atoms with Gasteiger partial charge in [-0.2, -0.15) is 13.2 Å². The van der Waals surface area contributed by atoms with Crippen molar-refractivity contribution in [2.75, 3.05) is 5.32 Å². The number of aromatic nitrogens is 1. The molecule has 0 radical (unpaired) electrons. The van der Waals surface area contributed by atoms with Gasteiger partial charge in [-0.05, 0) is 19.1 Å². The summed E-state index contributed by atoms with van der Waals surface area (Å²) in [6.07, 6.45) is -4.46. The van der Waals surface area contributed by atoms with Gasteiger partial charge in [0.25, 0.3) is 0 Å². The SMILES string of the molecule is CC(CC(N)=O)Nc1cccc(C(F)(F)F)n1. The molecule has 0 bridgehead atoms. The van der Waals surface area contributed by atoms with Crippen molar-refractivity contribution in [2.45, 2.75) is 25.6 Å². The topological polar surface area (TPSA) is 68.0 Å². The number of alkyl halides is 3. The third-order valence-corrected chi connectivity index (χ3v) is 1.94. The van der Waals surface area contributed by atoms with Crippen LogP contribution in [0.4, 0.5) is 19.0 Å². The average Bonchev–Trinajstić information content (AvgIpc) is 2.15. The highest BCUT2D eigenvalue weighted by atomic mass is 19.4. The number of rotatable bonds is 4. The molecule has 0 saturated carbocycles. The maximum Gasteiger partial charge on any atom is 0.433 e. The number of carbonyl (C=O) groups excluding carboxylic acids is 1. The third kappa shape index (κ3) is 4.29. The molecule has 0 spiro atoms. The lowest BCUT2D eigenvalue weighted by Crippen LogP contribution is -2.24. The van der Waals surface area contributed by atoms with E-state index in [9.17, 15) is 18.0 Å². The standard InChI is InChI=1S/C10H12F3N3O/c1-6(5-8(14)17)15-9-4-2-3-7(16-9)10(11,12)13/h2-4,6H,5H2,1H3,(H2,14,17)(H,15,16). The van der Waals surface area contributed by atoms with Gasteiger partial charge in [0.15, 0.2) is 0 Å². The zero-order chi connectivity index (χ0) is 13.1. The summed E-state index contributed by atoms with van der Waals surface area (Å²) < 4.78 is 37.1. The van der Waals surface area contributed by atoms with E-state index in [0.29, 0.717) is 0 Å². The van der Waals surface area contributed by atoms with Crippen LogP contribution in [-0.2, 0) is 11.0 Å². The van der Waals surface area contributed by atoms with E-state index in [4.69, 9.17) is 5.73 Å². The van der Waals surface area contributed by atoms with E-state index in [1.165, 1.54) is 12.1 Å². The van der Waals surface area contributed by atoms with Crippen LogP contribution in [0.15, 0.2) is 18.2 Å². The van der Waals surface area contributed by atoms with Crippen molar-refractivity contribution in [1.82, 2.24) is 4.98 Å². The number of primary amides is 1. The van der Waals surface area contributed by atoms with Crippen molar-refractivity contribution >= 4 is 11.7 Å². The number of amides is 1. The number of carbonyl (C=O) groups is 1. The van der Waals surface area contributed by atoms with Crippen LogP contribution in [0.3, 0.4) is 0 Å². The van der Waals surface area contributed by atoms with Crippen LogP contribution in [0.25, 0.3) is 0 Å². The highest BCUT2D eigenvalue weighted by Gasteiger charge is 2.32. The number of hydrogen-bond acceptors (Lipinski definition) is 3. The highest BCUT2D eigenvalue weighted by Crippen LogP contribution is 2.28. The summed E-state index contributed by atoms with van der Waals surface area (Å²) in [7, 11) is 0. The largest absolute Gasteiger partial charge is 0.433 e. The number of nitrogens with zero attached hydrogens (tertiary/aromatic N) is 1. The van der Waals surface area contributed by atoms with Crippen molar-refractivity contribution in [2.24, 2.45) is 5.73 Å². The highest BCUT2D eigenvalue weighted by molar-refractivity contribution is 5.74. The molecule has 0 aliphatic heterocycles. The first-order chi connectivity index (χ1) is 7.79. The van der Waals surface area contributed by atoms with E-state index in [1.54, 1.807) is 6.92 Å². The van der Waals surface area contributed by atoms with Crippen molar-refractivity contribution in [3.63, 3.8) is 0 Å². The minimum absolute atomic E-state index is 0.0257. The van der Waals surface area contributed by atoms with Crippen LogP contribution in [0.1, 0.15) is 19.0 Å². The lowest BCUT2D eigenvalue weighted by Gasteiger charge is -2.14. The van der Waals surface area contributed by atoms with Gasteiger partial charge >= 0.3 is 6.18 Å². The molecule has 0 saturated heterocycles. The smallest absolute Gasteiger partial charge is 0.370 e. The number of pyridine rings is 1. The van der Waals surface area contributed by atoms with Gasteiger partial charge in [-0.25, -0.2) is 4.98 Å². The predicted octanol–water partition coefficient (Wildman–Crippen LogP) is 1.78. The number of hydrogen-bond donors (Lipinski definition) is 2. The molecule has 1 rings (SSSR count). The van der Waals surface area contributed by atoms with E-state index in [2.05, 4.69) is 10.3 Å². The third-order valence-electron chi connectivity index (χ3n) is 1.94. The molecule has 94 valence electrons. The van der Waals surface area contributed by atoms with Gasteiger partial charge in [-0.15, -0.1) is 0 Å². The number of halogens is 3. The molecule has 1 unspecified atom stereocenters. The number of nitrogens with one attached hydrogen (secondary N) is 1. The molecular formula is C10H12F3N3O. The molecule has 3 N–H and O–H groups in total. The molecule has 0 aromatic carbocycles. The predicted molar refractivity (Wildman–Crippen MR) is 56.1 cm³/mol. The number of nitrogens with two attached hydrogens (primary N) is 1. The Morgan fingerprint density at radius 1 is 1.53 bits per heavy atom. The van der Waals surface area contributed by atoms with Gasteiger partial charge in [0.1, 0.15) is 11.5 Å². The normalized spacial score (nSPS) is 13.2. The maximum atomic E-state index is 12.4. The minimum atomic E-state index is -4.48. The Labute approximate surface area is 96.0 Å². The second-order valence-corrected chi connectivity index (χ2v) is 3.62. The Morgan fingerprint density at radius 3 is 2.71 bits per heavy atom. The monoisotopic (exact) mass is 247 g/mol. The fraction of sp³-hybridized carbons (Fsp3) is 0.400. The summed E-state index contributed by atoms with van der Waals surface area (Å²) in [5.41, 5.74) is 3.99. The molecule has 1 aromatic rings. The first-order valence-corrected chi connectivity index (χ1v) is 4.88. The molecule has 0 aliphatic rings. The van der Waals surface area contributed by atoms with Crippen molar-refractivity contribution in [3.8, 4) is 0 Å². The summed E-state index contributed by atoms with van der Waals surface area (Å²) in [4.78, 5) is 14.0. The Morgan fingerprint density at radius 2 is 2.18 bits per heavy atom. The lowest BCUT2D eigenvalue weighted by atomic mass is 10.2. The number of anilines is 1. The van der Waals surface area contributed by atoms with Crippen LogP contribution < -0.4 is 11.1 Å². The zero-order valence-corrected chi connectivity index (χ0v) is 9.08. The molecule has 1 amide bonds. The quantitative estimate of drug-likeness (QED) is 0.852. The molecule has 4 nitrogen and oxygen atoms in total. The first-order valence-electron chi connectivity index (χ1n) is 4.88. The molecule has 0 fully saturated rings. The Kier molecular flexibility index (Phi) is 3.93. The van der Waals surface area contributed by atoms with E-state index in [0.717, 1.165) is 6.07 Å². The summed E-state index contributed by atoms with van der Waals surface area (Å²) >= 11 is 0. The van der Waals surface area contributed by atoms with E-state index >= 15 is 0 Å². The Bertz CT molecular complexity index is 406. The van der Waals surface area contributed by atoms with Crippen LogP contribution >= 0.6 is 0 Å². The van der Waals surface area contributed by atoms with Gasteiger partial charge in [0.2, 0.25) is 5.91 Å². The summed E-state index contributed by atoms with van der Waals surface area (Å²) in [6, 6.07) is 3.15. The van der Waals surface area contributed by atoms with Crippen molar-refractivity contribution in [3.05, 3.63) is 23.9 Å². The molecule has 17 heavy (non-hydrogen) atoms. The van der Waals surface area contributed by atoms with Crippen LogP contribution in [0, 0.1) is 0 Å². The van der Waals surface area contributed by atoms with Crippen LogP contribution in [0.5, 0.6) is 0 Å². The molecule has 1 heterocycles. The zero-order valence-electron chi connectivity index (χ0n) is 9.08. The first kappa shape index (κ1) is 13.3. The van der Waals surface area contributed by atoms with Gasteiger partial charge in [-0.3, -0.25) is 4.79 Å². The minimum Gasteiger partial charge on any atom is -0.370 e. The Balaban J connectivity index is 2.76. The second-order valence-electron chi connectivity index (χ2n) is 3.62. The molecular weight excluding hydrogens is 235 g/mol. The summed E-state index contributed by atoms with van der Waals surface area (Å²) in [6.45, 7) is 1.63. The van der Waals surface area contributed by atoms with E-state index < -0.39 is 17.8 Å². The molecule has 0 aliphatic carbocycles. The summed E-state index contributed by atoms with van der Waals surface area (Å²) in [5, 5.41) is 2.67. The van der Waals surface area contributed by atoms with E-state index in [-0.39, 0.29) is 18.3 Å². The van der Waals surface area contributed by atoms with Crippen LogP contribution in [-0.4, -0.2) is 16.9 Å². The molecule has 7 heteroatoms. The lowest BCUT2D eigenvalue weighted by molar-refractivity contribution is -0.141. The van der Waals surface area contributed by atoms with Gasteiger partial charge in [0, 0.05) is 12.5 Å². The summed E-state index contributed by atoms with van der Waals surface area (Å²) in [5.74, 6) is -0.467. The van der Waals surface area contributed by atoms with Gasteiger partial charge in [0.05, 0.1) is 0 Å². The van der Waals surface area contributed by atoms with Crippen LogP contribution in [0.2, 0.25) is 0 Å². The fourth-order valence-electron chi connectivity index (χ4n) is 1.28. The second kappa shape index (κ2) is 5.03. The van der Waals surface area contributed by atoms with E-state index in [1.807, 2.05) is 0 Å². The fourth-order valence-corrected chi connectivity index (χ4v) is 1.28.